The second kappa shape index (κ2) is 4.80. The zero-order valence-corrected chi connectivity index (χ0v) is 10.7. The Kier molecular flexibility index (Phi) is 3.40. The molecule has 2 rings (SSSR count). The first-order chi connectivity index (χ1) is 7.68. The molecule has 0 aliphatic rings. The van der Waals surface area contributed by atoms with Crippen LogP contribution in [-0.2, 0) is 0 Å². The third kappa shape index (κ3) is 2.33. The van der Waals surface area contributed by atoms with Gasteiger partial charge in [-0.05, 0) is 22.9 Å². The fourth-order valence-electron chi connectivity index (χ4n) is 1.24. The second-order valence-electron chi connectivity index (χ2n) is 3.22. The van der Waals surface area contributed by atoms with Gasteiger partial charge in [0.05, 0.1) is 16.7 Å². The van der Waals surface area contributed by atoms with Crippen LogP contribution in [0.3, 0.4) is 0 Å². The number of aromatic amines is 1. The molecule has 0 amide bonds. The Morgan fingerprint density at radius 1 is 1.50 bits per heavy atom. The summed E-state index contributed by atoms with van der Waals surface area (Å²) in [6.45, 7) is 2.01. The molecule has 0 saturated heterocycles. The lowest BCUT2D eigenvalue weighted by Crippen LogP contribution is -2.08. The van der Waals surface area contributed by atoms with Crippen molar-refractivity contribution in [1.82, 2.24) is 20.2 Å². The third-order valence-electron chi connectivity index (χ3n) is 2.12. The summed E-state index contributed by atoms with van der Waals surface area (Å²) in [6, 6.07) is 0.0843. The predicted octanol–water partition coefficient (Wildman–Crippen LogP) is 2.79. The maximum Gasteiger partial charge on any atom is 0.148 e. The molecule has 0 saturated carbocycles. The number of hydrogen-bond donors (Lipinski definition) is 2. The molecule has 0 bridgehead atoms. The first-order valence-electron chi connectivity index (χ1n) is 4.59. The summed E-state index contributed by atoms with van der Waals surface area (Å²) in [7, 11) is 0. The van der Waals surface area contributed by atoms with Gasteiger partial charge in [0, 0.05) is 11.8 Å². The van der Waals surface area contributed by atoms with Gasteiger partial charge in [0.15, 0.2) is 0 Å². The second-order valence-corrected chi connectivity index (χ2v) is 4.38. The maximum atomic E-state index is 5.87. The zero-order chi connectivity index (χ0) is 11.5. The van der Waals surface area contributed by atoms with Crippen LogP contribution in [0.2, 0.25) is 5.15 Å². The van der Waals surface area contributed by atoms with Crippen LogP contribution in [0.25, 0.3) is 0 Å². The Labute approximate surface area is 106 Å². The lowest BCUT2D eigenvalue weighted by atomic mass is 10.2. The molecule has 0 spiro atoms. The van der Waals surface area contributed by atoms with E-state index < -0.39 is 0 Å². The number of nitrogens with one attached hydrogen (secondary N) is 2. The highest BCUT2D eigenvalue weighted by Crippen LogP contribution is 2.28. The van der Waals surface area contributed by atoms with Gasteiger partial charge in [0.25, 0.3) is 0 Å². The summed E-state index contributed by atoms with van der Waals surface area (Å²) in [5.74, 6) is 0.661. The molecular weight excluding hydrogens is 293 g/mol. The fraction of sp³-hybridized carbons (Fsp3) is 0.222. The van der Waals surface area contributed by atoms with Gasteiger partial charge in [-0.3, -0.25) is 5.10 Å². The Morgan fingerprint density at radius 3 is 3.00 bits per heavy atom. The smallest absolute Gasteiger partial charge is 0.148 e. The zero-order valence-electron chi connectivity index (χ0n) is 8.41. The summed E-state index contributed by atoms with van der Waals surface area (Å²) in [6.07, 6.45) is 5.00. The molecule has 0 fully saturated rings. The van der Waals surface area contributed by atoms with Crippen molar-refractivity contribution >= 4 is 33.3 Å². The van der Waals surface area contributed by atoms with Crippen molar-refractivity contribution in [2.75, 3.05) is 5.32 Å². The number of anilines is 1. The number of nitrogens with zero attached hydrogens (tertiary/aromatic N) is 3. The normalized spacial score (nSPS) is 12.4. The topological polar surface area (TPSA) is 66.5 Å². The molecule has 2 aromatic rings. The van der Waals surface area contributed by atoms with Gasteiger partial charge in [-0.1, -0.05) is 11.6 Å². The quantitative estimate of drug-likeness (QED) is 0.856. The molecule has 1 unspecified atom stereocenters. The van der Waals surface area contributed by atoms with Crippen LogP contribution in [-0.4, -0.2) is 20.2 Å². The minimum atomic E-state index is 0.0843. The molecule has 0 aromatic carbocycles. The van der Waals surface area contributed by atoms with Crippen LogP contribution in [0.1, 0.15) is 18.5 Å². The van der Waals surface area contributed by atoms with Crippen LogP contribution in [0, 0.1) is 0 Å². The minimum absolute atomic E-state index is 0.0843. The van der Waals surface area contributed by atoms with E-state index in [1.165, 1.54) is 6.33 Å². The number of halogens is 2. The van der Waals surface area contributed by atoms with E-state index in [1.54, 1.807) is 6.20 Å². The van der Waals surface area contributed by atoms with Gasteiger partial charge in [-0.25, -0.2) is 9.97 Å². The first kappa shape index (κ1) is 11.3. The molecule has 0 aliphatic carbocycles. The molecule has 2 N–H and O–H groups in total. The number of hydrogen-bond acceptors (Lipinski definition) is 4. The van der Waals surface area contributed by atoms with Crippen molar-refractivity contribution in [2.24, 2.45) is 0 Å². The molecule has 7 heteroatoms. The van der Waals surface area contributed by atoms with E-state index in [2.05, 4.69) is 41.4 Å². The van der Waals surface area contributed by atoms with Crippen molar-refractivity contribution in [2.45, 2.75) is 13.0 Å². The number of H-pyrrole nitrogens is 1. The van der Waals surface area contributed by atoms with Gasteiger partial charge < -0.3 is 5.32 Å². The van der Waals surface area contributed by atoms with Crippen molar-refractivity contribution in [3.63, 3.8) is 0 Å². The summed E-state index contributed by atoms with van der Waals surface area (Å²) >= 11 is 9.19. The first-order valence-corrected chi connectivity index (χ1v) is 5.77. The van der Waals surface area contributed by atoms with Crippen LogP contribution >= 0.6 is 27.5 Å². The fourth-order valence-corrected chi connectivity index (χ4v) is 1.69. The third-order valence-corrected chi connectivity index (χ3v) is 3.39. The van der Waals surface area contributed by atoms with Gasteiger partial charge in [-0.15, -0.1) is 0 Å². The van der Waals surface area contributed by atoms with Crippen LogP contribution in [0.5, 0.6) is 0 Å². The van der Waals surface area contributed by atoms with Crippen LogP contribution < -0.4 is 5.32 Å². The highest BCUT2D eigenvalue weighted by Gasteiger charge is 2.11. The molecule has 16 heavy (non-hydrogen) atoms. The van der Waals surface area contributed by atoms with E-state index >= 15 is 0 Å². The van der Waals surface area contributed by atoms with Gasteiger partial charge in [0.2, 0.25) is 0 Å². The predicted molar refractivity (Wildman–Crippen MR) is 65.4 cm³/mol. The van der Waals surface area contributed by atoms with E-state index in [0.717, 1.165) is 5.56 Å². The molecule has 84 valence electrons. The van der Waals surface area contributed by atoms with Crippen molar-refractivity contribution in [3.05, 3.63) is 33.9 Å². The average molecular weight is 303 g/mol. The SMILES string of the molecule is CC(Nc1ncnc(Cl)c1Br)c1cn[nH]c1. The minimum Gasteiger partial charge on any atom is -0.362 e. The Hall–Kier alpha value is -1.14. The van der Waals surface area contributed by atoms with Crippen molar-refractivity contribution in [3.8, 4) is 0 Å². The maximum absolute atomic E-state index is 5.87. The van der Waals surface area contributed by atoms with E-state index in [1.807, 2.05) is 13.1 Å². The van der Waals surface area contributed by atoms with Crippen LogP contribution in [0.4, 0.5) is 5.82 Å². The highest BCUT2D eigenvalue weighted by molar-refractivity contribution is 9.10. The molecule has 2 aromatic heterocycles. The molecule has 0 radical (unpaired) electrons. The highest BCUT2D eigenvalue weighted by atomic mass is 79.9. The van der Waals surface area contributed by atoms with Gasteiger partial charge in [0.1, 0.15) is 17.3 Å². The van der Waals surface area contributed by atoms with Crippen LogP contribution in [0.15, 0.2) is 23.2 Å². The van der Waals surface area contributed by atoms with E-state index in [-0.39, 0.29) is 6.04 Å². The van der Waals surface area contributed by atoms with E-state index in [9.17, 15) is 0 Å². The van der Waals surface area contributed by atoms with E-state index in [0.29, 0.717) is 15.4 Å². The van der Waals surface area contributed by atoms with E-state index in [4.69, 9.17) is 11.6 Å². The lowest BCUT2D eigenvalue weighted by molar-refractivity contribution is 0.871. The van der Waals surface area contributed by atoms with Gasteiger partial charge in [-0.2, -0.15) is 5.10 Å². The van der Waals surface area contributed by atoms with Crippen molar-refractivity contribution in [1.29, 1.82) is 0 Å². The molecule has 2 heterocycles. The Morgan fingerprint density at radius 2 is 2.31 bits per heavy atom. The molecule has 5 nitrogen and oxygen atoms in total. The van der Waals surface area contributed by atoms with Gasteiger partial charge >= 0.3 is 0 Å². The largest absolute Gasteiger partial charge is 0.362 e. The summed E-state index contributed by atoms with van der Waals surface area (Å²) in [5.41, 5.74) is 1.04. The molecule has 1 atom stereocenters. The monoisotopic (exact) mass is 301 g/mol. The summed E-state index contributed by atoms with van der Waals surface area (Å²) in [4.78, 5) is 7.96. The summed E-state index contributed by atoms with van der Waals surface area (Å²) < 4.78 is 0.659. The lowest BCUT2D eigenvalue weighted by Gasteiger charge is -2.13. The molecule has 0 aliphatic heterocycles. The molecular formula is C9H9BrClN5. The Balaban J connectivity index is 2.18. The van der Waals surface area contributed by atoms with Crippen molar-refractivity contribution < 1.29 is 0 Å². The summed E-state index contributed by atoms with van der Waals surface area (Å²) in [5, 5.41) is 10.2. The Bertz CT molecular complexity index is 473. The number of aromatic nitrogens is 4. The number of rotatable bonds is 3. The standard InChI is InChI=1S/C9H9BrClN5/c1-5(6-2-14-15-3-6)16-9-7(10)8(11)12-4-13-9/h2-5H,1H3,(H,14,15)(H,12,13,16). The average Bonchev–Trinajstić information content (AvgIpc) is 2.78.